The van der Waals surface area contributed by atoms with Gasteiger partial charge in [0.2, 0.25) is 0 Å². The van der Waals surface area contributed by atoms with Gasteiger partial charge >= 0.3 is 0 Å². The van der Waals surface area contributed by atoms with Crippen molar-refractivity contribution >= 4 is 11.8 Å². The fourth-order valence-corrected chi connectivity index (χ4v) is 3.36. The summed E-state index contributed by atoms with van der Waals surface area (Å²) in [5.41, 5.74) is 3.48. The number of nitrogens with one attached hydrogen (secondary N) is 2. The van der Waals surface area contributed by atoms with Crippen LogP contribution in [0.5, 0.6) is 0 Å². The first-order valence-corrected chi connectivity index (χ1v) is 10.3. The maximum Gasteiger partial charge on any atom is 0.191 e. The van der Waals surface area contributed by atoms with Gasteiger partial charge in [0.25, 0.3) is 0 Å². The lowest BCUT2D eigenvalue weighted by Crippen LogP contribution is -2.49. The van der Waals surface area contributed by atoms with Gasteiger partial charge in [0, 0.05) is 50.3 Å². The zero-order valence-electron chi connectivity index (χ0n) is 17.3. The number of aromatic nitrogens is 2. The van der Waals surface area contributed by atoms with E-state index >= 15 is 0 Å². The van der Waals surface area contributed by atoms with E-state index < -0.39 is 0 Å². The molecule has 1 fully saturated rings. The quantitative estimate of drug-likeness (QED) is 0.596. The van der Waals surface area contributed by atoms with E-state index in [2.05, 4.69) is 63.6 Å². The molecule has 0 aromatic carbocycles. The van der Waals surface area contributed by atoms with Crippen LogP contribution in [0.15, 0.2) is 41.7 Å². The molecular formula is C22H32N6. The molecule has 28 heavy (non-hydrogen) atoms. The van der Waals surface area contributed by atoms with Crippen molar-refractivity contribution in [2.75, 3.05) is 31.1 Å². The summed E-state index contributed by atoms with van der Waals surface area (Å²) in [4.78, 5) is 16.0. The summed E-state index contributed by atoms with van der Waals surface area (Å²) in [6, 6.07) is 8.88. The zero-order valence-corrected chi connectivity index (χ0v) is 17.3. The van der Waals surface area contributed by atoms with Crippen LogP contribution < -0.4 is 15.5 Å². The summed E-state index contributed by atoms with van der Waals surface area (Å²) >= 11 is 0. The lowest BCUT2D eigenvalue weighted by atomic mass is 10.1. The number of guanidine groups is 1. The number of anilines is 1. The fourth-order valence-electron chi connectivity index (χ4n) is 3.36. The minimum atomic E-state index is 0.445. The van der Waals surface area contributed by atoms with Crippen molar-refractivity contribution in [1.29, 1.82) is 0 Å². The summed E-state index contributed by atoms with van der Waals surface area (Å²) in [5.74, 6) is 1.99. The maximum atomic E-state index is 4.75. The Morgan fingerprint density at radius 3 is 2.57 bits per heavy atom. The van der Waals surface area contributed by atoms with Crippen LogP contribution in [0, 0.1) is 13.8 Å². The van der Waals surface area contributed by atoms with Crippen molar-refractivity contribution in [1.82, 2.24) is 20.6 Å². The van der Waals surface area contributed by atoms with E-state index in [1.165, 1.54) is 11.1 Å². The molecule has 1 aliphatic heterocycles. The van der Waals surface area contributed by atoms with E-state index in [1.54, 1.807) is 0 Å². The molecule has 150 valence electrons. The highest BCUT2D eigenvalue weighted by molar-refractivity contribution is 5.80. The number of aryl methyl sites for hydroxylation is 2. The van der Waals surface area contributed by atoms with Crippen molar-refractivity contribution in [2.45, 2.75) is 46.1 Å². The third kappa shape index (κ3) is 5.94. The number of pyridine rings is 2. The predicted molar refractivity (Wildman–Crippen MR) is 116 cm³/mol. The Balaban J connectivity index is 1.48. The highest BCUT2D eigenvalue weighted by atomic mass is 15.2. The van der Waals surface area contributed by atoms with E-state index in [1.807, 2.05) is 19.3 Å². The first-order chi connectivity index (χ1) is 13.6. The van der Waals surface area contributed by atoms with Gasteiger partial charge in [-0.25, -0.2) is 4.98 Å². The van der Waals surface area contributed by atoms with Crippen molar-refractivity contribution in [3.05, 3.63) is 53.5 Å². The maximum absolute atomic E-state index is 4.75. The summed E-state index contributed by atoms with van der Waals surface area (Å²) in [7, 11) is 0. The van der Waals surface area contributed by atoms with E-state index in [0.29, 0.717) is 6.04 Å². The lowest BCUT2D eigenvalue weighted by Gasteiger charge is -2.33. The van der Waals surface area contributed by atoms with Gasteiger partial charge in [-0.2, -0.15) is 0 Å². The van der Waals surface area contributed by atoms with Crippen LogP contribution in [0.3, 0.4) is 0 Å². The molecule has 2 aromatic rings. The Morgan fingerprint density at radius 2 is 1.93 bits per heavy atom. The average molecular weight is 381 g/mol. The Hall–Kier alpha value is -2.63. The standard InChI is InChI=1S/C22H32N6/c1-4-23-22(24-12-9-19-7-6-18(3)25-16-19)27-20-10-13-28(14-11-20)21-8-5-17(2)15-26-21/h5-8,15-16,20H,4,9-14H2,1-3H3,(H2,23,24,27). The number of aliphatic imine (C=N–C) groups is 1. The highest BCUT2D eigenvalue weighted by Gasteiger charge is 2.20. The Kier molecular flexibility index (Phi) is 7.23. The molecule has 0 radical (unpaired) electrons. The molecule has 0 unspecified atom stereocenters. The summed E-state index contributed by atoms with van der Waals surface area (Å²) < 4.78 is 0. The fraction of sp³-hybridized carbons (Fsp3) is 0.500. The van der Waals surface area contributed by atoms with E-state index in [4.69, 9.17) is 4.99 Å². The first kappa shape index (κ1) is 20.1. The topological polar surface area (TPSA) is 65.4 Å². The smallest absolute Gasteiger partial charge is 0.191 e. The van der Waals surface area contributed by atoms with Gasteiger partial charge in [-0.3, -0.25) is 9.98 Å². The number of rotatable bonds is 6. The SMILES string of the molecule is CCNC(=NCCc1ccc(C)nc1)NC1CCN(c2ccc(C)cn2)CC1. The minimum absolute atomic E-state index is 0.445. The van der Waals surface area contributed by atoms with Crippen LogP contribution in [0.25, 0.3) is 0 Å². The molecule has 2 N–H and O–H groups in total. The Labute approximate surface area is 168 Å². The number of piperidine rings is 1. The van der Waals surface area contributed by atoms with Crippen LogP contribution in [0.1, 0.15) is 36.6 Å². The van der Waals surface area contributed by atoms with Gasteiger partial charge in [0.15, 0.2) is 5.96 Å². The van der Waals surface area contributed by atoms with Crippen molar-refractivity contribution in [3.8, 4) is 0 Å². The van der Waals surface area contributed by atoms with Crippen LogP contribution in [-0.4, -0.2) is 48.1 Å². The zero-order chi connectivity index (χ0) is 19.8. The molecule has 3 rings (SSSR count). The molecule has 2 aromatic heterocycles. The molecule has 0 atom stereocenters. The molecule has 1 aliphatic rings. The van der Waals surface area contributed by atoms with Crippen molar-refractivity contribution in [3.63, 3.8) is 0 Å². The molecule has 6 nitrogen and oxygen atoms in total. The van der Waals surface area contributed by atoms with E-state index in [-0.39, 0.29) is 0 Å². The molecule has 1 saturated heterocycles. The monoisotopic (exact) mass is 380 g/mol. The number of hydrogen-bond acceptors (Lipinski definition) is 4. The molecule has 0 aliphatic carbocycles. The normalized spacial score (nSPS) is 15.5. The van der Waals surface area contributed by atoms with Crippen molar-refractivity contribution in [2.24, 2.45) is 4.99 Å². The summed E-state index contributed by atoms with van der Waals surface area (Å²) in [6.07, 6.45) is 6.96. The lowest BCUT2D eigenvalue weighted by molar-refractivity contribution is 0.459. The number of hydrogen-bond donors (Lipinski definition) is 2. The molecular weight excluding hydrogens is 348 g/mol. The number of nitrogens with zero attached hydrogens (tertiary/aromatic N) is 4. The second kappa shape index (κ2) is 10.1. The van der Waals surface area contributed by atoms with Gasteiger partial charge in [0.1, 0.15) is 5.82 Å². The first-order valence-electron chi connectivity index (χ1n) is 10.3. The highest BCUT2D eigenvalue weighted by Crippen LogP contribution is 2.18. The average Bonchev–Trinajstić information content (AvgIpc) is 2.71. The Morgan fingerprint density at radius 1 is 1.11 bits per heavy atom. The second-order valence-corrected chi connectivity index (χ2v) is 7.42. The van der Waals surface area contributed by atoms with Crippen LogP contribution in [0.2, 0.25) is 0 Å². The molecule has 0 spiro atoms. The van der Waals surface area contributed by atoms with E-state index in [9.17, 15) is 0 Å². The predicted octanol–water partition coefficient (Wildman–Crippen LogP) is 2.86. The molecule has 3 heterocycles. The second-order valence-electron chi connectivity index (χ2n) is 7.42. The van der Waals surface area contributed by atoms with Gasteiger partial charge in [0.05, 0.1) is 0 Å². The minimum Gasteiger partial charge on any atom is -0.357 e. The van der Waals surface area contributed by atoms with Gasteiger partial charge in [-0.05, 0) is 63.3 Å². The van der Waals surface area contributed by atoms with Crippen LogP contribution >= 0.6 is 0 Å². The van der Waals surface area contributed by atoms with E-state index in [0.717, 1.165) is 62.9 Å². The molecule has 0 amide bonds. The Bertz CT molecular complexity index is 746. The van der Waals surface area contributed by atoms with Crippen molar-refractivity contribution < 1.29 is 0 Å². The van der Waals surface area contributed by atoms with Gasteiger partial charge in [-0.15, -0.1) is 0 Å². The molecule has 0 saturated carbocycles. The van der Waals surface area contributed by atoms with Gasteiger partial charge in [-0.1, -0.05) is 12.1 Å². The molecule has 6 heteroatoms. The van der Waals surface area contributed by atoms with Crippen LogP contribution in [0.4, 0.5) is 5.82 Å². The third-order valence-electron chi connectivity index (χ3n) is 5.04. The van der Waals surface area contributed by atoms with Crippen LogP contribution in [-0.2, 0) is 6.42 Å². The van der Waals surface area contributed by atoms with Gasteiger partial charge < -0.3 is 15.5 Å². The summed E-state index contributed by atoms with van der Waals surface area (Å²) in [5, 5.41) is 6.98. The molecule has 0 bridgehead atoms. The third-order valence-corrected chi connectivity index (χ3v) is 5.04. The summed E-state index contributed by atoms with van der Waals surface area (Å²) in [6.45, 7) is 9.84. The largest absolute Gasteiger partial charge is 0.357 e.